The van der Waals surface area contributed by atoms with E-state index in [4.69, 9.17) is 4.42 Å². The molecule has 1 amide bonds. The van der Waals surface area contributed by atoms with Gasteiger partial charge in [0.15, 0.2) is 5.76 Å². The fourth-order valence-corrected chi connectivity index (χ4v) is 3.26. The molecule has 0 radical (unpaired) electrons. The number of carbonyl (C=O) groups is 1. The lowest BCUT2D eigenvalue weighted by Crippen LogP contribution is -2.28. The molecular weight excluding hydrogens is 334 g/mol. The van der Waals surface area contributed by atoms with Crippen molar-refractivity contribution in [1.29, 1.82) is 0 Å². The van der Waals surface area contributed by atoms with E-state index in [1.54, 1.807) is 23.1 Å². The summed E-state index contributed by atoms with van der Waals surface area (Å²) in [6.45, 7) is 2.71. The van der Waals surface area contributed by atoms with Crippen LogP contribution in [0.5, 0.6) is 0 Å². The van der Waals surface area contributed by atoms with Crippen LogP contribution >= 0.6 is 0 Å². The number of likely N-dealkylation sites (N-methyl/N-ethyl adjacent to an activating group) is 1. The Morgan fingerprint density at radius 2 is 2.23 bits per heavy atom. The standard InChI is InChI=1S/C17H21N7O2/c1-22-6-5-15-13(9-22)14(21-23(15)2)7-19-17(25)16-4-3-12(26-16)8-24-11-18-10-20-24/h3-4,10-11H,5-9H2,1-2H3,(H,19,25). The molecule has 4 rings (SSSR count). The zero-order chi connectivity index (χ0) is 18.1. The molecule has 3 aromatic rings. The molecule has 26 heavy (non-hydrogen) atoms. The summed E-state index contributed by atoms with van der Waals surface area (Å²) in [6, 6.07) is 3.44. The molecule has 1 aliphatic rings. The van der Waals surface area contributed by atoms with E-state index in [1.165, 1.54) is 17.6 Å². The molecule has 4 heterocycles. The number of carbonyl (C=O) groups excluding carboxylic acids is 1. The zero-order valence-corrected chi connectivity index (χ0v) is 14.8. The van der Waals surface area contributed by atoms with Crippen molar-refractivity contribution >= 4 is 5.91 Å². The Kier molecular flexibility index (Phi) is 4.29. The molecule has 0 spiro atoms. The van der Waals surface area contributed by atoms with Crippen LogP contribution in [0.4, 0.5) is 0 Å². The van der Waals surface area contributed by atoms with Gasteiger partial charge in [-0.15, -0.1) is 0 Å². The molecule has 136 valence electrons. The molecule has 0 aliphatic carbocycles. The zero-order valence-electron chi connectivity index (χ0n) is 14.8. The number of hydrogen-bond acceptors (Lipinski definition) is 6. The SMILES string of the molecule is CN1CCc2c(c(CNC(=O)c3ccc(Cn4cncn4)o3)nn2C)C1. The highest BCUT2D eigenvalue weighted by molar-refractivity contribution is 5.91. The van der Waals surface area contributed by atoms with Crippen LogP contribution in [0.3, 0.4) is 0 Å². The Bertz CT molecular complexity index is 910. The van der Waals surface area contributed by atoms with Crippen molar-refractivity contribution < 1.29 is 9.21 Å². The van der Waals surface area contributed by atoms with Crippen LogP contribution in [-0.2, 0) is 33.1 Å². The van der Waals surface area contributed by atoms with Crippen molar-refractivity contribution in [1.82, 2.24) is 34.8 Å². The third-order valence-electron chi connectivity index (χ3n) is 4.60. The number of rotatable bonds is 5. The lowest BCUT2D eigenvalue weighted by Gasteiger charge is -2.23. The summed E-state index contributed by atoms with van der Waals surface area (Å²) >= 11 is 0. The van der Waals surface area contributed by atoms with Crippen molar-refractivity contribution in [2.75, 3.05) is 13.6 Å². The van der Waals surface area contributed by atoms with Gasteiger partial charge in [-0.25, -0.2) is 9.67 Å². The van der Waals surface area contributed by atoms with Crippen molar-refractivity contribution in [3.8, 4) is 0 Å². The van der Waals surface area contributed by atoms with Crippen molar-refractivity contribution in [3.05, 3.63) is 53.3 Å². The quantitative estimate of drug-likeness (QED) is 0.719. The lowest BCUT2D eigenvalue weighted by atomic mass is 10.1. The average molecular weight is 355 g/mol. The summed E-state index contributed by atoms with van der Waals surface area (Å²) < 4.78 is 9.17. The van der Waals surface area contributed by atoms with Gasteiger partial charge in [-0.05, 0) is 19.2 Å². The van der Waals surface area contributed by atoms with E-state index in [0.717, 1.165) is 25.2 Å². The fraction of sp³-hybridized carbons (Fsp3) is 0.412. The van der Waals surface area contributed by atoms with Gasteiger partial charge in [-0.2, -0.15) is 10.2 Å². The van der Waals surface area contributed by atoms with Crippen LogP contribution in [0.15, 0.2) is 29.2 Å². The monoisotopic (exact) mass is 355 g/mol. The summed E-state index contributed by atoms with van der Waals surface area (Å²) in [7, 11) is 4.05. The van der Waals surface area contributed by atoms with Gasteiger partial charge in [0.25, 0.3) is 5.91 Å². The second-order valence-electron chi connectivity index (χ2n) is 6.53. The minimum atomic E-state index is -0.251. The number of aromatic nitrogens is 5. The Balaban J connectivity index is 1.41. The normalized spacial score (nSPS) is 14.4. The molecule has 3 aromatic heterocycles. The molecule has 0 atom stereocenters. The number of aryl methyl sites for hydroxylation is 1. The number of furan rings is 1. The van der Waals surface area contributed by atoms with E-state index in [-0.39, 0.29) is 11.7 Å². The highest BCUT2D eigenvalue weighted by atomic mass is 16.4. The Morgan fingerprint density at radius 3 is 3.04 bits per heavy atom. The van der Waals surface area contributed by atoms with Gasteiger partial charge in [-0.3, -0.25) is 9.48 Å². The van der Waals surface area contributed by atoms with Crippen molar-refractivity contribution in [3.63, 3.8) is 0 Å². The molecule has 1 N–H and O–H groups in total. The molecule has 9 nitrogen and oxygen atoms in total. The summed E-state index contributed by atoms with van der Waals surface area (Å²) in [5.74, 6) is 0.679. The van der Waals surface area contributed by atoms with Crippen LogP contribution in [0.25, 0.3) is 0 Å². The maximum Gasteiger partial charge on any atom is 0.287 e. The maximum absolute atomic E-state index is 12.4. The predicted molar refractivity (Wildman–Crippen MR) is 92.2 cm³/mol. The van der Waals surface area contributed by atoms with Crippen LogP contribution in [0.1, 0.15) is 33.3 Å². The van der Waals surface area contributed by atoms with E-state index >= 15 is 0 Å². The van der Waals surface area contributed by atoms with Crippen molar-refractivity contribution in [2.45, 2.75) is 26.1 Å². The lowest BCUT2D eigenvalue weighted by molar-refractivity contribution is 0.0920. The third kappa shape index (κ3) is 3.25. The first-order valence-electron chi connectivity index (χ1n) is 8.51. The first-order chi connectivity index (χ1) is 12.6. The summed E-state index contributed by atoms with van der Waals surface area (Å²) in [6.07, 6.45) is 4.04. The van der Waals surface area contributed by atoms with E-state index < -0.39 is 0 Å². The largest absolute Gasteiger partial charge is 0.454 e. The van der Waals surface area contributed by atoms with Gasteiger partial charge in [0.05, 0.1) is 12.2 Å². The Labute approximate surface area is 150 Å². The van der Waals surface area contributed by atoms with E-state index in [9.17, 15) is 4.79 Å². The van der Waals surface area contributed by atoms with Crippen LogP contribution in [0, 0.1) is 0 Å². The van der Waals surface area contributed by atoms with Crippen LogP contribution in [0.2, 0.25) is 0 Å². The molecule has 9 heteroatoms. The summed E-state index contributed by atoms with van der Waals surface area (Å²) in [5, 5.41) is 11.5. The molecule has 0 bridgehead atoms. The van der Waals surface area contributed by atoms with Gasteiger partial charge in [0.2, 0.25) is 0 Å². The molecular formula is C17H21N7O2. The van der Waals surface area contributed by atoms with E-state index in [1.807, 2.05) is 11.7 Å². The minimum Gasteiger partial charge on any atom is -0.454 e. The average Bonchev–Trinajstić information content (AvgIpc) is 3.35. The van der Waals surface area contributed by atoms with Gasteiger partial charge in [0, 0.05) is 37.8 Å². The topological polar surface area (TPSA) is 94.0 Å². The molecule has 0 saturated carbocycles. The second-order valence-corrected chi connectivity index (χ2v) is 6.53. The van der Waals surface area contributed by atoms with Crippen LogP contribution in [-0.4, -0.2) is 48.9 Å². The second kappa shape index (κ2) is 6.75. The highest BCUT2D eigenvalue weighted by Crippen LogP contribution is 2.21. The molecule has 0 aromatic carbocycles. The van der Waals surface area contributed by atoms with Gasteiger partial charge in [0.1, 0.15) is 25.0 Å². The minimum absolute atomic E-state index is 0.251. The van der Waals surface area contributed by atoms with Crippen molar-refractivity contribution in [2.24, 2.45) is 7.05 Å². The summed E-state index contributed by atoms with van der Waals surface area (Å²) in [5.41, 5.74) is 3.38. The van der Waals surface area contributed by atoms with E-state index in [0.29, 0.717) is 18.8 Å². The summed E-state index contributed by atoms with van der Waals surface area (Å²) in [4.78, 5) is 18.5. The maximum atomic E-state index is 12.4. The number of fused-ring (bicyclic) bond motifs is 1. The van der Waals surface area contributed by atoms with E-state index in [2.05, 4.69) is 32.4 Å². The first kappa shape index (κ1) is 16.5. The fourth-order valence-electron chi connectivity index (χ4n) is 3.26. The third-order valence-corrected chi connectivity index (χ3v) is 4.60. The number of nitrogens with zero attached hydrogens (tertiary/aromatic N) is 6. The first-order valence-corrected chi connectivity index (χ1v) is 8.51. The molecule has 0 fully saturated rings. The molecule has 1 aliphatic heterocycles. The Morgan fingerprint density at radius 1 is 1.35 bits per heavy atom. The highest BCUT2D eigenvalue weighted by Gasteiger charge is 2.22. The van der Waals surface area contributed by atoms with Gasteiger partial charge >= 0.3 is 0 Å². The predicted octanol–water partition coefficient (Wildman–Crippen LogP) is 0.571. The number of amides is 1. The smallest absolute Gasteiger partial charge is 0.287 e. The Hall–Kier alpha value is -2.94. The number of hydrogen-bond donors (Lipinski definition) is 1. The number of nitrogens with one attached hydrogen (secondary N) is 1. The van der Waals surface area contributed by atoms with Crippen LogP contribution < -0.4 is 5.32 Å². The molecule has 0 saturated heterocycles. The molecule has 0 unspecified atom stereocenters. The van der Waals surface area contributed by atoms with Gasteiger partial charge in [-0.1, -0.05) is 0 Å². The van der Waals surface area contributed by atoms with Gasteiger partial charge < -0.3 is 14.6 Å².